The zero-order valence-electron chi connectivity index (χ0n) is 12.7. The van der Waals surface area contributed by atoms with Crippen molar-refractivity contribution in [2.75, 3.05) is 36.5 Å². The predicted molar refractivity (Wildman–Crippen MR) is 88.6 cm³/mol. The van der Waals surface area contributed by atoms with E-state index < -0.39 is 0 Å². The Labute approximate surface area is 130 Å². The first-order chi connectivity index (χ1) is 10.7. The van der Waals surface area contributed by atoms with Gasteiger partial charge in [0.2, 0.25) is 0 Å². The van der Waals surface area contributed by atoms with Gasteiger partial charge in [-0.15, -0.1) is 0 Å². The van der Waals surface area contributed by atoms with Crippen LogP contribution in [0.3, 0.4) is 0 Å². The standard InChI is InChI=1S/C18H20N2O2/c1-14-6-8-15(9-7-14)18(21)19-16-4-2-3-5-17(16)20-10-12-22-13-11-20/h2-9H,10-13H2,1H3,(H,19,21). The molecule has 4 nitrogen and oxygen atoms in total. The molecule has 0 bridgehead atoms. The van der Waals surface area contributed by atoms with Gasteiger partial charge in [0.25, 0.3) is 5.91 Å². The Morgan fingerprint density at radius 2 is 1.73 bits per heavy atom. The number of carbonyl (C=O) groups is 1. The first kappa shape index (κ1) is 14.6. The van der Waals surface area contributed by atoms with Crippen molar-refractivity contribution in [3.63, 3.8) is 0 Å². The second-order valence-corrected chi connectivity index (χ2v) is 5.44. The number of amides is 1. The van der Waals surface area contributed by atoms with Crippen LogP contribution in [0.15, 0.2) is 48.5 Å². The molecule has 1 saturated heterocycles. The third-order valence-electron chi connectivity index (χ3n) is 3.82. The van der Waals surface area contributed by atoms with Crippen molar-refractivity contribution in [3.8, 4) is 0 Å². The SMILES string of the molecule is Cc1ccc(C(=O)Nc2ccccc2N2CCOCC2)cc1. The molecule has 2 aromatic rings. The minimum absolute atomic E-state index is 0.0827. The molecular formula is C18H20N2O2. The second kappa shape index (κ2) is 6.62. The van der Waals surface area contributed by atoms with Crippen molar-refractivity contribution in [1.29, 1.82) is 0 Å². The molecule has 1 aliphatic heterocycles. The van der Waals surface area contributed by atoms with Gasteiger partial charge in [0.1, 0.15) is 0 Å². The lowest BCUT2D eigenvalue weighted by molar-refractivity contribution is 0.102. The smallest absolute Gasteiger partial charge is 0.255 e. The third kappa shape index (κ3) is 3.28. The lowest BCUT2D eigenvalue weighted by Gasteiger charge is -2.30. The van der Waals surface area contributed by atoms with Gasteiger partial charge in [-0.3, -0.25) is 4.79 Å². The Morgan fingerprint density at radius 3 is 2.45 bits per heavy atom. The number of hydrogen-bond donors (Lipinski definition) is 1. The van der Waals surface area contributed by atoms with Crippen LogP contribution in [0.5, 0.6) is 0 Å². The third-order valence-corrected chi connectivity index (χ3v) is 3.82. The summed E-state index contributed by atoms with van der Waals surface area (Å²) in [4.78, 5) is 14.7. The highest BCUT2D eigenvalue weighted by atomic mass is 16.5. The molecule has 3 rings (SSSR count). The van der Waals surface area contributed by atoms with Crippen molar-refractivity contribution in [1.82, 2.24) is 0 Å². The number of carbonyl (C=O) groups excluding carboxylic acids is 1. The van der Waals surface area contributed by atoms with Crippen LogP contribution in [0.4, 0.5) is 11.4 Å². The number of rotatable bonds is 3. The van der Waals surface area contributed by atoms with E-state index in [-0.39, 0.29) is 5.91 Å². The molecule has 0 spiro atoms. The second-order valence-electron chi connectivity index (χ2n) is 5.44. The van der Waals surface area contributed by atoms with Gasteiger partial charge in [-0.05, 0) is 31.2 Å². The monoisotopic (exact) mass is 296 g/mol. The van der Waals surface area contributed by atoms with Gasteiger partial charge >= 0.3 is 0 Å². The molecule has 114 valence electrons. The average molecular weight is 296 g/mol. The van der Waals surface area contributed by atoms with Crippen LogP contribution in [0, 0.1) is 6.92 Å². The molecule has 0 aromatic heterocycles. The summed E-state index contributed by atoms with van der Waals surface area (Å²) in [6.07, 6.45) is 0. The van der Waals surface area contributed by atoms with Crippen LogP contribution in [0.25, 0.3) is 0 Å². The van der Waals surface area contributed by atoms with Crippen LogP contribution in [0.1, 0.15) is 15.9 Å². The van der Waals surface area contributed by atoms with Crippen LogP contribution in [-0.2, 0) is 4.74 Å². The maximum atomic E-state index is 12.4. The van der Waals surface area contributed by atoms with Gasteiger partial charge in [-0.2, -0.15) is 0 Å². The molecular weight excluding hydrogens is 276 g/mol. The zero-order valence-corrected chi connectivity index (χ0v) is 12.7. The molecule has 0 saturated carbocycles. The summed E-state index contributed by atoms with van der Waals surface area (Å²) in [5.41, 5.74) is 3.70. The fraction of sp³-hybridized carbons (Fsp3) is 0.278. The van der Waals surface area contributed by atoms with Gasteiger partial charge in [0, 0.05) is 18.7 Å². The Balaban J connectivity index is 1.79. The maximum Gasteiger partial charge on any atom is 0.255 e. The molecule has 0 unspecified atom stereocenters. The Hall–Kier alpha value is -2.33. The molecule has 1 N–H and O–H groups in total. The molecule has 4 heteroatoms. The van der Waals surface area contributed by atoms with E-state index in [9.17, 15) is 4.79 Å². The van der Waals surface area contributed by atoms with E-state index in [1.165, 1.54) is 0 Å². The molecule has 0 aliphatic carbocycles. The number of morpholine rings is 1. The molecule has 1 fully saturated rings. The molecule has 1 aliphatic rings. The van der Waals surface area contributed by atoms with Gasteiger partial charge in [-0.25, -0.2) is 0 Å². The van der Waals surface area contributed by atoms with E-state index in [2.05, 4.69) is 10.2 Å². The number of benzene rings is 2. The van der Waals surface area contributed by atoms with E-state index in [0.717, 1.165) is 43.2 Å². The summed E-state index contributed by atoms with van der Waals surface area (Å²) in [5, 5.41) is 3.02. The number of nitrogens with one attached hydrogen (secondary N) is 1. The van der Waals surface area contributed by atoms with Crippen molar-refractivity contribution in [3.05, 3.63) is 59.7 Å². The first-order valence-corrected chi connectivity index (χ1v) is 7.54. The minimum atomic E-state index is -0.0827. The van der Waals surface area contributed by atoms with E-state index >= 15 is 0 Å². The molecule has 2 aromatic carbocycles. The lowest BCUT2D eigenvalue weighted by atomic mass is 10.1. The Morgan fingerprint density at radius 1 is 1.05 bits per heavy atom. The number of aryl methyl sites for hydroxylation is 1. The quantitative estimate of drug-likeness (QED) is 0.946. The normalized spacial score (nSPS) is 14.7. The van der Waals surface area contributed by atoms with Crippen molar-refractivity contribution >= 4 is 17.3 Å². The molecule has 22 heavy (non-hydrogen) atoms. The topological polar surface area (TPSA) is 41.6 Å². The Bertz CT molecular complexity index is 646. The van der Waals surface area contributed by atoms with Gasteiger partial charge < -0.3 is 15.0 Å². The average Bonchev–Trinajstić information content (AvgIpc) is 2.57. The minimum Gasteiger partial charge on any atom is -0.378 e. The fourth-order valence-electron chi connectivity index (χ4n) is 2.56. The summed E-state index contributed by atoms with van der Waals surface area (Å²) in [7, 11) is 0. The zero-order chi connectivity index (χ0) is 15.4. The highest BCUT2D eigenvalue weighted by Crippen LogP contribution is 2.26. The van der Waals surface area contributed by atoms with Crippen molar-refractivity contribution in [2.45, 2.75) is 6.92 Å². The highest BCUT2D eigenvalue weighted by molar-refractivity contribution is 6.05. The van der Waals surface area contributed by atoms with E-state index in [0.29, 0.717) is 5.56 Å². The van der Waals surface area contributed by atoms with E-state index in [1.54, 1.807) is 0 Å². The fourth-order valence-corrected chi connectivity index (χ4v) is 2.56. The molecule has 0 radical (unpaired) electrons. The number of nitrogens with zero attached hydrogens (tertiary/aromatic N) is 1. The number of para-hydroxylation sites is 2. The lowest BCUT2D eigenvalue weighted by Crippen LogP contribution is -2.36. The van der Waals surface area contributed by atoms with Crippen LogP contribution in [-0.4, -0.2) is 32.2 Å². The van der Waals surface area contributed by atoms with Gasteiger partial charge in [0.15, 0.2) is 0 Å². The predicted octanol–water partition coefficient (Wildman–Crippen LogP) is 3.08. The van der Waals surface area contributed by atoms with Crippen LogP contribution < -0.4 is 10.2 Å². The number of anilines is 2. The summed E-state index contributed by atoms with van der Waals surface area (Å²) in [6.45, 7) is 5.14. The Kier molecular flexibility index (Phi) is 4.39. The first-order valence-electron chi connectivity index (χ1n) is 7.54. The summed E-state index contributed by atoms with van der Waals surface area (Å²) < 4.78 is 5.39. The number of ether oxygens (including phenoxy) is 1. The van der Waals surface area contributed by atoms with E-state index in [1.807, 2.05) is 55.5 Å². The number of hydrogen-bond acceptors (Lipinski definition) is 3. The van der Waals surface area contributed by atoms with Gasteiger partial charge in [0.05, 0.1) is 24.6 Å². The molecule has 1 amide bonds. The summed E-state index contributed by atoms with van der Waals surface area (Å²) >= 11 is 0. The maximum absolute atomic E-state index is 12.4. The highest BCUT2D eigenvalue weighted by Gasteiger charge is 2.16. The molecule has 1 heterocycles. The van der Waals surface area contributed by atoms with Crippen LogP contribution in [0.2, 0.25) is 0 Å². The van der Waals surface area contributed by atoms with Gasteiger partial charge in [-0.1, -0.05) is 29.8 Å². The van der Waals surface area contributed by atoms with Crippen LogP contribution >= 0.6 is 0 Å². The summed E-state index contributed by atoms with van der Waals surface area (Å²) in [6, 6.07) is 15.5. The van der Waals surface area contributed by atoms with Crippen molar-refractivity contribution in [2.24, 2.45) is 0 Å². The summed E-state index contributed by atoms with van der Waals surface area (Å²) in [5.74, 6) is -0.0827. The largest absolute Gasteiger partial charge is 0.378 e. The van der Waals surface area contributed by atoms with E-state index in [4.69, 9.17) is 4.74 Å². The van der Waals surface area contributed by atoms with Crippen molar-refractivity contribution < 1.29 is 9.53 Å². The molecule has 0 atom stereocenters.